The van der Waals surface area contributed by atoms with Gasteiger partial charge in [0, 0.05) is 28.7 Å². The van der Waals surface area contributed by atoms with E-state index in [1.807, 2.05) is 6.92 Å². The Bertz CT molecular complexity index is 781. The molecule has 4 amide bonds. The third kappa shape index (κ3) is 4.06. The summed E-state index contributed by atoms with van der Waals surface area (Å²) in [6.07, 6.45) is 3.09. The van der Waals surface area contributed by atoms with Gasteiger partial charge in [0.1, 0.15) is 12.1 Å². The molecule has 2 aliphatic rings. The molecule has 0 radical (unpaired) electrons. The molecule has 1 atom stereocenters. The fourth-order valence-electron chi connectivity index (χ4n) is 3.35. The number of benzene rings is 1. The minimum atomic E-state index is -1.33. The van der Waals surface area contributed by atoms with Crippen LogP contribution in [0, 0.1) is 5.92 Å². The Balaban J connectivity index is 1.77. The van der Waals surface area contributed by atoms with Crippen molar-refractivity contribution in [2.45, 2.75) is 38.6 Å². The Labute approximate surface area is 168 Å². The molecule has 0 aromatic heterocycles. The highest BCUT2D eigenvalue weighted by atomic mass is 35.5. The number of rotatable bonds is 7. The van der Waals surface area contributed by atoms with Crippen LogP contribution < -0.4 is 5.32 Å². The molecule has 1 N–H and O–H groups in total. The van der Waals surface area contributed by atoms with Crippen LogP contribution in [0.2, 0.25) is 10.0 Å². The molecule has 6 nitrogen and oxygen atoms in total. The lowest BCUT2D eigenvalue weighted by molar-refractivity contribution is -0.139. The smallest absolute Gasteiger partial charge is 0.325 e. The first-order valence-electron chi connectivity index (χ1n) is 9.13. The van der Waals surface area contributed by atoms with Crippen LogP contribution in [-0.4, -0.2) is 47.3 Å². The minimum Gasteiger partial charge on any atom is -0.341 e. The molecule has 1 aliphatic carbocycles. The van der Waals surface area contributed by atoms with E-state index < -0.39 is 17.5 Å². The number of hydrogen-bond acceptors (Lipinski definition) is 3. The first kappa shape index (κ1) is 20.0. The number of imide groups is 1. The average molecular weight is 412 g/mol. The second-order valence-corrected chi connectivity index (χ2v) is 8.20. The van der Waals surface area contributed by atoms with E-state index in [9.17, 15) is 14.4 Å². The largest absolute Gasteiger partial charge is 0.341 e. The summed E-state index contributed by atoms with van der Waals surface area (Å²) in [5, 5.41) is 3.40. The van der Waals surface area contributed by atoms with Crippen molar-refractivity contribution in [1.82, 2.24) is 15.1 Å². The molecule has 27 heavy (non-hydrogen) atoms. The van der Waals surface area contributed by atoms with Crippen molar-refractivity contribution in [3.63, 3.8) is 0 Å². The van der Waals surface area contributed by atoms with Gasteiger partial charge in [-0.3, -0.25) is 14.5 Å². The molecule has 0 spiro atoms. The van der Waals surface area contributed by atoms with Gasteiger partial charge < -0.3 is 10.2 Å². The average Bonchev–Trinajstić information content (AvgIpc) is 3.38. The van der Waals surface area contributed by atoms with Crippen LogP contribution in [0.25, 0.3) is 0 Å². The van der Waals surface area contributed by atoms with Crippen LogP contribution in [-0.2, 0) is 15.1 Å². The number of nitrogens with zero attached hydrogens (tertiary/aromatic N) is 2. The van der Waals surface area contributed by atoms with E-state index in [0.717, 1.165) is 24.2 Å². The second-order valence-electron chi connectivity index (χ2n) is 7.35. The maximum Gasteiger partial charge on any atom is 0.325 e. The molecule has 1 aliphatic heterocycles. The van der Waals surface area contributed by atoms with Crippen LogP contribution in [0.4, 0.5) is 4.79 Å². The first-order chi connectivity index (χ1) is 12.8. The quantitative estimate of drug-likeness (QED) is 0.698. The minimum absolute atomic E-state index is 0.210. The third-order valence-corrected chi connectivity index (χ3v) is 5.61. The summed E-state index contributed by atoms with van der Waals surface area (Å²) in [6, 6.07) is 4.16. The van der Waals surface area contributed by atoms with Crippen molar-refractivity contribution in [1.29, 1.82) is 0 Å². The number of amides is 4. The SMILES string of the molecule is CCCN(CC1CC1)C(=O)CN1C(=O)N[C@@](C)(c2ccc(Cl)cc2Cl)C1=O. The molecule has 0 unspecified atom stereocenters. The fraction of sp³-hybridized carbons (Fsp3) is 0.526. The van der Waals surface area contributed by atoms with Gasteiger partial charge in [0.2, 0.25) is 5.91 Å². The van der Waals surface area contributed by atoms with E-state index in [1.165, 1.54) is 6.07 Å². The number of carbonyl (C=O) groups excluding carboxylic acids is 3. The maximum atomic E-state index is 13.0. The second kappa shape index (κ2) is 7.68. The van der Waals surface area contributed by atoms with Crippen molar-refractivity contribution in [3.05, 3.63) is 33.8 Å². The van der Waals surface area contributed by atoms with Gasteiger partial charge in [-0.2, -0.15) is 0 Å². The highest BCUT2D eigenvalue weighted by Crippen LogP contribution is 2.35. The van der Waals surface area contributed by atoms with E-state index >= 15 is 0 Å². The molecular formula is C19H23Cl2N3O3. The van der Waals surface area contributed by atoms with E-state index in [4.69, 9.17) is 23.2 Å². The van der Waals surface area contributed by atoms with Gasteiger partial charge in [-0.15, -0.1) is 0 Å². The topological polar surface area (TPSA) is 69.7 Å². The van der Waals surface area contributed by atoms with E-state index in [2.05, 4.69) is 5.32 Å². The van der Waals surface area contributed by atoms with Crippen molar-refractivity contribution in [2.24, 2.45) is 5.92 Å². The lowest BCUT2D eigenvalue weighted by atomic mass is 9.92. The number of nitrogens with one attached hydrogen (secondary N) is 1. The lowest BCUT2D eigenvalue weighted by Crippen LogP contribution is -2.45. The standard InChI is InChI=1S/C19H23Cl2N3O3/c1-3-8-23(10-12-4-5-12)16(25)11-24-17(26)19(2,22-18(24)27)14-7-6-13(20)9-15(14)21/h6-7,9,12H,3-5,8,10-11H2,1-2H3,(H,22,27)/t19-/m0/s1. The van der Waals surface area contributed by atoms with Crippen molar-refractivity contribution in [2.75, 3.05) is 19.6 Å². The van der Waals surface area contributed by atoms with E-state index in [1.54, 1.807) is 24.0 Å². The van der Waals surface area contributed by atoms with Gasteiger partial charge in [0.05, 0.1) is 0 Å². The molecular weight excluding hydrogens is 389 g/mol. The highest BCUT2D eigenvalue weighted by Gasteiger charge is 2.50. The zero-order valence-electron chi connectivity index (χ0n) is 15.4. The summed E-state index contributed by atoms with van der Waals surface area (Å²) in [6.45, 7) is 4.63. The molecule has 1 aromatic rings. The Morgan fingerprint density at radius 2 is 2.04 bits per heavy atom. The lowest BCUT2D eigenvalue weighted by Gasteiger charge is -2.25. The molecule has 1 saturated carbocycles. The van der Waals surface area contributed by atoms with Crippen molar-refractivity contribution in [3.8, 4) is 0 Å². The number of halogens is 2. The third-order valence-electron chi connectivity index (χ3n) is 5.06. The Morgan fingerprint density at radius 3 is 2.63 bits per heavy atom. The zero-order valence-corrected chi connectivity index (χ0v) is 16.9. The normalized spacial score (nSPS) is 22.1. The summed E-state index contributed by atoms with van der Waals surface area (Å²) in [4.78, 5) is 40.9. The van der Waals surface area contributed by atoms with Gasteiger partial charge in [-0.25, -0.2) is 4.79 Å². The fourth-order valence-corrected chi connectivity index (χ4v) is 3.95. The number of hydrogen-bond donors (Lipinski definition) is 1. The summed E-state index contributed by atoms with van der Waals surface area (Å²) >= 11 is 12.2. The molecule has 0 bridgehead atoms. The van der Waals surface area contributed by atoms with Crippen LogP contribution >= 0.6 is 23.2 Å². The number of urea groups is 1. The monoisotopic (exact) mass is 411 g/mol. The predicted octanol–water partition coefficient (Wildman–Crippen LogP) is 3.41. The first-order valence-corrected chi connectivity index (χ1v) is 9.89. The highest BCUT2D eigenvalue weighted by molar-refractivity contribution is 6.35. The molecule has 2 fully saturated rings. The van der Waals surface area contributed by atoms with E-state index in [0.29, 0.717) is 29.6 Å². The van der Waals surface area contributed by atoms with Gasteiger partial charge in [0.25, 0.3) is 5.91 Å². The molecule has 3 rings (SSSR count). The van der Waals surface area contributed by atoms with Crippen molar-refractivity contribution >= 4 is 41.0 Å². The van der Waals surface area contributed by atoms with Crippen LogP contribution in [0.1, 0.15) is 38.7 Å². The molecule has 146 valence electrons. The van der Waals surface area contributed by atoms with Gasteiger partial charge in [-0.1, -0.05) is 36.2 Å². The number of carbonyl (C=O) groups is 3. The Morgan fingerprint density at radius 1 is 1.33 bits per heavy atom. The Kier molecular flexibility index (Phi) is 5.68. The van der Waals surface area contributed by atoms with Crippen molar-refractivity contribution < 1.29 is 14.4 Å². The van der Waals surface area contributed by atoms with Gasteiger partial charge >= 0.3 is 6.03 Å². The van der Waals surface area contributed by atoms with Crippen LogP contribution in [0.15, 0.2) is 18.2 Å². The predicted molar refractivity (Wildman–Crippen MR) is 104 cm³/mol. The zero-order chi connectivity index (χ0) is 19.8. The summed E-state index contributed by atoms with van der Waals surface area (Å²) in [5.41, 5.74) is -0.879. The Hall–Kier alpha value is -1.79. The molecule has 1 heterocycles. The molecule has 1 aromatic carbocycles. The van der Waals surface area contributed by atoms with E-state index in [-0.39, 0.29) is 17.5 Å². The summed E-state index contributed by atoms with van der Waals surface area (Å²) in [7, 11) is 0. The molecule has 8 heteroatoms. The summed E-state index contributed by atoms with van der Waals surface area (Å²) < 4.78 is 0. The molecule has 1 saturated heterocycles. The van der Waals surface area contributed by atoms with Crippen LogP contribution in [0.5, 0.6) is 0 Å². The van der Waals surface area contributed by atoms with Crippen LogP contribution in [0.3, 0.4) is 0 Å². The van der Waals surface area contributed by atoms with Gasteiger partial charge in [0.15, 0.2) is 0 Å². The van der Waals surface area contributed by atoms with Gasteiger partial charge in [-0.05, 0) is 44.2 Å². The summed E-state index contributed by atoms with van der Waals surface area (Å²) in [5.74, 6) is -0.159. The maximum absolute atomic E-state index is 13.0.